The van der Waals surface area contributed by atoms with E-state index in [4.69, 9.17) is 14.2 Å². The first-order valence-corrected chi connectivity index (χ1v) is 8.94. The Morgan fingerprint density at radius 1 is 0.966 bits per heavy atom. The molecule has 0 bridgehead atoms. The molecule has 0 fully saturated rings. The maximum atomic E-state index is 12.4. The molecule has 0 radical (unpaired) electrons. The maximum absolute atomic E-state index is 12.4. The minimum atomic E-state index is -1.42. The molecule has 4 N–H and O–H groups in total. The number of aromatic hydroxyl groups is 2. The van der Waals surface area contributed by atoms with Crippen molar-refractivity contribution in [1.29, 1.82) is 0 Å². The topological polar surface area (TPSA) is 143 Å². The lowest BCUT2D eigenvalue weighted by Gasteiger charge is -2.28. The average molecular weight is 412 g/mol. The molecule has 10 nitrogen and oxygen atoms in total. The maximum Gasteiger partial charge on any atom is 0.424 e. The molecular formula is C19H28N2O8. The number of ether oxygens (including phenoxy) is 3. The minimum Gasteiger partial charge on any atom is -0.504 e. The monoisotopic (exact) mass is 412 g/mol. The van der Waals surface area contributed by atoms with E-state index in [0.29, 0.717) is 5.56 Å². The Balaban J connectivity index is 2.73. The molecular weight excluding hydrogens is 384 g/mol. The Hall–Kier alpha value is -3.01. The molecule has 29 heavy (non-hydrogen) atoms. The van der Waals surface area contributed by atoms with Gasteiger partial charge < -0.3 is 24.4 Å². The van der Waals surface area contributed by atoms with Crippen LogP contribution >= 0.6 is 0 Å². The number of nitrogens with one attached hydrogen (secondary N) is 2. The first-order valence-electron chi connectivity index (χ1n) is 8.94. The fourth-order valence-corrected chi connectivity index (χ4v) is 2.12. The summed E-state index contributed by atoms with van der Waals surface area (Å²) < 4.78 is 14.6. The number of carbonyl (C=O) groups excluding carboxylic acids is 3. The number of esters is 2. The lowest BCUT2D eigenvalue weighted by molar-refractivity contribution is -0.161. The average Bonchev–Trinajstić information content (AvgIpc) is 2.62. The molecule has 1 amide bonds. The van der Waals surface area contributed by atoms with Crippen molar-refractivity contribution in [3.63, 3.8) is 0 Å². The van der Waals surface area contributed by atoms with Gasteiger partial charge in [0.25, 0.3) is 0 Å². The van der Waals surface area contributed by atoms with E-state index in [0.717, 1.165) is 0 Å². The van der Waals surface area contributed by atoms with Crippen molar-refractivity contribution in [2.75, 3.05) is 13.4 Å². The highest BCUT2D eigenvalue weighted by atomic mass is 16.7. The van der Waals surface area contributed by atoms with Crippen LogP contribution in [0, 0.1) is 5.41 Å². The normalized spacial score (nSPS) is 13.1. The van der Waals surface area contributed by atoms with Gasteiger partial charge in [0.15, 0.2) is 11.5 Å². The fraction of sp³-hybridized carbons (Fsp3) is 0.526. The number of hydrazine groups is 1. The van der Waals surface area contributed by atoms with Crippen molar-refractivity contribution in [3.8, 4) is 11.5 Å². The van der Waals surface area contributed by atoms with Gasteiger partial charge in [-0.15, -0.1) is 0 Å². The van der Waals surface area contributed by atoms with E-state index in [9.17, 15) is 24.6 Å². The number of phenolic OH excluding ortho intramolecular Hbond substituents is 2. The predicted molar refractivity (Wildman–Crippen MR) is 102 cm³/mol. The predicted octanol–water partition coefficient (Wildman–Crippen LogP) is 1.74. The van der Waals surface area contributed by atoms with Crippen molar-refractivity contribution < 1.29 is 38.8 Å². The molecule has 0 aliphatic rings. The first-order chi connectivity index (χ1) is 13.4. The van der Waals surface area contributed by atoms with Crippen molar-refractivity contribution in [2.24, 2.45) is 5.41 Å². The summed E-state index contributed by atoms with van der Waals surface area (Å²) in [7, 11) is 0. The van der Waals surface area contributed by atoms with Gasteiger partial charge in [-0.05, 0) is 52.3 Å². The van der Waals surface area contributed by atoms with E-state index in [-0.39, 0.29) is 24.5 Å². The zero-order valence-electron chi connectivity index (χ0n) is 17.2. The molecule has 1 aromatic rings. The molecule has 1 aromatic carbocycles. The van der Waals surface area contributed by atoms with Crippen LogP contribution in [0.25, 0.3) is 0 Å². The Kier molecular flexibility index (Phi) is 8.26. The molecule has 162 valence electrons. The third-order valence-electron chi connectivity index (χ3n) is 3.76. The molecule has 1 atom stereocenters. The van der Waals surface area contributed by atoms with E-state index in [2.05, 4.69) is 10.9 Å². The largest absolute Gasteiger partial charge is 0.504 e. The fourth-order valence-electron chi connectivity index (χ4n) is 2.12. The van der Waals surface area contributed by atoms with Crippen LogP contribution in [0.15, 0.2) is 18.2 Å². The smallest absolute Gasteiger partial charge is 0.424 e. The molecule has 0 heterocycles. The van der Waals surface area contributed by atoms with Crippen LogP contribution in [-0.2, 0) is 30.2 Å². The highest BCUT2D eigenvalue weighted by molar-refractivity contribution is 5.81. The number of carbonyl (C=O) groups is 3. The molecule has 0 spiro atoms. The highest BCUT2D eigenvalue weighted by Gasteiger charge is 2.36. The highest BCUT2D eigenvalue weighted by Crippen LogP contribution is 2.27. The van der Waals surface area contributed by atoms with E-state index in [1.807, 2.05) is 0 Å². The molecule has 0 saturated carbocycles. The van der Waals surface area contributed by atoms with Crippen molar-refractivity contribution in [3.05, 3.63) is 23.8 Å². The van der Waals surface area contributed by atoms with Gasteiger partial charge in [0.05, 0.1) is 12.0 Å². The lowest BCUT2D eigenvalue weighted by atomic mass is 9.93. The molecule has 10 heteroatoms. The number of hydrogen-bond acceptors (Lipinski definition) is 9. The van der Waals surface area contributed by atoms with Crippen LogP contribution in [0.2, 0.25) is 0 Å². The molecule has 0 saturated heterocycles. The number of benzene rings is 1. The third kappa shape index (κ3) is 7.49. The molecule has 0 aromatic heterocycles. The summed E-state index contributed by atoms with van der Waals surface area (Å²) in [5, 5.41) is 19.1. The van der Waals surface area contributed by atoms with Crippen LogP contribution in [0.5, 0.6) is 11.5 Å². The summed E-state index contributed by atoms with van der Waals surface area (Å²) in [5.74, 6) is -1.85. The first kappa shape index (κ1) is 24.0. The Morgan fingerprint density at radius 3 is 2.17 bits per heavy atom. The van der Waals surface area contributed by atoms with E-state index in [1.54, 1.807) is 27.7 Å². The van der Waals surface area contributed by atoms with Crippen LogP contribution < -0.4 is 10.9 Å². The van der Waals surface area contributed by atoms with Gasteiger partial charge in [-0.3, -0.25) is 10.2 Å². The van der Waals surface area contributed by atoms with E-state index in [1.165, 1.54) is 25.1 Å². The Bertz CT molecular complexity index is 744. The van der Waals surface area contributed by atoms with Gasteiger partial charge in [0.1, 0.15) is 5.54 Å². The summed E-state index contributed by atoms with van der Waals surface area (Å²) in [6.07, 6.45) is -0.963. The van der Waals surface area contributed by atoms with Crippen molar-refractivity contribution in [2.45, 2.75) is 46.6 Å². The molecule has 0 aliphatic carbocycles. The van der Waals surface area contributed by atoms with Gasteiger partial charge in [-0.2, -0.15) is 0 Å². The summed E-state index contributed by atoms with van der Waals surface area (Å²) in [5.41, 5.74) is 3.10. The van der Waals surface area contributed by atoms with Crippen molar-refractivity contribution >= 4 is 18.0 Å². The van der Waals surface area contributed by atoms with Crippen molar-refractivity contribution in [1.82, 2.24) is 10.9 Å². The molecule has 0 aliphatic heterocycles. The number of rotatable bonds is 8. The standard InChI is InChI=1S/C19H28N2O8/c1-6-27-16(25)19(5,10-12-7-8-13(22)14(23)9-12)21-20-17(26)29-11-28-15(24)18(2,3)4/h7-9,21-23H,6,10-11H2,1-5H3,(H,20,26). The Morgan fingerprint density at radius 2 is 1.62 bits per heavy atom. The molecule has 1 unspecified atom stereocenters. The second kappa shape index (κ2) is 9.97. The lowest BCUT2D eigenvalue weighted by Crippen LogP contribution is -2.59. The minimum absolute atomic E-state index is 0.0129. The Labute approximate surface area is 169 Å². The van der Waals surface area contributed by atoms with E-state index < -0.39 is 35.8 Å². The summed E-state index contributed by atoms with van der Waals surface area (Å²) in [6, 6.07) is 4.08. The summed E-state index contributed by atoms with van der Waals surface area (Å²) >= 11 is 0. The number of phenols is 2. The van der Waals surface area contributed by atoms with Crippen LogP contribution in [0.1, 0.15) is 40.2 Å². The summed E-state index contributed by atoms with van der Waals surface area (Å²) in [6.45, 7) is 7.61. The van der Waals surface area contributed by atoms with Gasteiger partial charge in [-0.25, -0.2) is 15.0 Å². The van der Waals surface area contributed by atoms with Crippen LogP contribution in [-0.4, -0.2) is 47.2 Å². The van der Waals surface area contributed by atoms with E-state index >= 15 is 0 Å². The number of amides is 1. The van der Waals surface area contributed by atoms with Gasteiger partial charge >= 0.3 is 18.0 Å². The second-order valence-corrected chi connectivity index (χ2v) is 7.53. The van der Waals surface area contributed by atoms with Crippen LogP contribution in [0.4, 0.5) is 4.79 Å². The third-order valence-corrected chi connectivity index (χ3v) is 3.76. The zero-order chi connectivity index (χ0) is 22.2. The molecule has 1 rings (SSSR count). The zero-order valence-corrected chi connectivity index (χ0v) is 17.2. The second-order valence-electron chi connectivity index (χ2n) is 7.53. The quantitative estimate of drug-likeness (QED) is 0.217. The van der Waals surface area contributed by atoms with Gasteiger partial charge in [0, 0.05) is 6.42 Å². The SMILES string of the molecule is CCOC(=O)C(C)(Cc1ccc(O)c(O)c1)NNC(=O)OCOC(=O)C(C)(C)C. The summed E-state index contributed by atoms with van der Waals surface area (Å²) in [4.78, 5) is 35.9. The van der Waals surface area contributed by atoms with Gasteiger partial charge in [-0.1, -0.05) is 6.07 Å². The van der Waals surface area contributed by atoms with Crippen LogP contribution in [0.3, 0.4) is 0 Å². The van der Waals surface area contributed by atoms with Gasteiger partial charge in [0.2, 0.25) is 6.79 Å². The number of hydrogen-bond donors (Lipinski definition) is 4.